The Morgan fingerprint density at radius 2 is 2.12 bits per heavy atom. The van der Waals surface area contributed by atoms with Gasteiger partial charge in [-0.25, -0.2) is 4.98 Å². The summed E-state index contributed by atoms with van der Waals surface area (Å²) in [5, 5.41) is 4.27. The predicted octanol–water partition coefficient (Wildman–Crippen LogP) is 1.93. The number of likely N-dealkylation sites (tertiary alicyclic amines) is 1. The Labute approximate surface area is 154 Å². The second-order valence-electron chi connectivity index (χ2n) is 7.52. The number of aromatic amines is 1. The SMILES string of the molecule is CCCCN1CCc2[nH]cnc2C12CCN(C(=O)c1ccn(C)n1)CC2. The van der Waals surface area contributed by atoms with Crippen LogP contribution in [-0.2, 0) is 19.0 Å². The maximum Gasteiger partial charge on any atom is 0.274 e. The molecule has 2 aromatic rings. The largest absolute Gasteiger partial charge is 0.348 e. The lowest BCUT2D eigenvalue weighted by molar-refractivity contribution is 0.00611. The second-order valence-corrected chi connectivity index (χ2v) is 7.52. The van der Waals surface area contributed by atoms with Gasteiger partial charge >= 0.3 is 0 Å². The van der Waals surface area contributed by atoms with Gasteiger partial charge in [-0.15, -0.1) is 0 Å². The van der Waals surface area contributed by atoms with Crippen molar-refractivity contribution < 1.29 is 4.79 Å². The molecule has 1 amide bonds. The van der Waals surface area contributed by atoms with Crippen molar-refractivity contribution in [3.63, 3.8) is 0 Å². The number of aromatic nitrogens is 4. The number of nitrogens with zero attached hydrogens (tertiary/aromatic N) is 5. The predicted molar refractivity (Wildman–Crippen MR) is 98.8 cm³/mol. The highest BCUT2D eigenvalue weighted by Crippen LogP contribution is 2.42. The van der Waals surface area contributed by atoms with E-state index >= 15 is 0 Å². The minimum atomic E-state index is -0.0242. The van der Waals surface area contributed by atoms with E-state index in [1.807, 2.05) is 24.5 Å². The minimum Gasteiger partial charge on any atom is -0.348 e. The first kappa shape index (κ1) is 17.3. The fourth-order valence-electron chi connectivity index (χ4n) is 4.52. The van der Waals surface area contributed by atoms with Crippen molar-refractivity contribution in [2.75, 3.05) is 26.2 Å². The van der Waals surface area contributed by atoms with E-state index in [-0.39, 0.29) is 11.4 Å². The maximum absolute atomic E-state index is 12.7. The summed E-state index contributed by atoms with van der Waals surface area (Å²) in [6.07, 6.45) is 8.98. The summed E-state index contributed by atoms with van der Waals surface area (Å²) in [6.45, 7) is 5.93. The van der Waals surface area contributed by atoms with Gasteiger partial charge in [0.1, 0.15) is 5.69 Å². The molecule has 1 spiro atoms. The molecule has 0 radical (unpaired) electrons. The summed E-state index contributed by atoms with van der Waals surface area (Å²) >= 11 is 0. The molecule has 4 rings (SSSR count). The molecule has 2 aliphatic heterocycles. The average molecular weight is 356 g/mol. The van der Waals surface area contributed by atoms with Crippen LogP contribution >= 0.6 is 0 Å². The Balaban J connectivity index is 1.54. The van der Waals surface area contributed by atoms with E-state index in [4.69, 9.17) is 4.98 Å². The lowest BCUT2D eigenvalue weighted by Crippen LogP contribution is -2.57. The number of imidazole rings is 1. The van der Waals surface area contributed by atoms with Crippen LogP contribution < -0.4 is 0 Å². The summed E-state index contributed by atoms with van der Waals surface area (Å²) in [5.74, 6) is 0.0404. The Kier molecular flexibility index (Phi) is 4.56. The van der Waals surface area contributed by atoms with Crippen LogP contribution in [0.1, 0.15) is 54.5 Å². The number of amides is 1. The summed E-state index contributed by atoms with van der Waals surface area (Å²) in [6, 6.07) is 1.80. The summed E-state index contributed by atoms with van der Waals surface area (Å²) in [5.41, 5.74) is 3.01. The molecule has 0 atom stereocenters. The van der Waals surface area contributed by atoms with Crippen molar-refractivity contribution in [3.8, 4) is 0 Å². The number of unbranched alkanes of at least 4 members (excludes halogenated alkanes) is 1. The lowest BCUT2D eigenvalue weighted by Gasteiger charge is -2.50. The molecule has 2 aliphatic rings. The first-order valence-electron chi connectivity index (χ1n) is 9.71. The number of aryl methyl sites for hydroxylation is 1. The van der Waals surface area contributed by atoms with Gasteiger partial charge in [0.2, 0.25) is 0 Å². The molecular formula is C19H28N6O. The first-order valence-corrected chi connectivity index (χ1v) is 9.71. The van der Waals surface area contributed by atoms with Crippen LogP contribution in [0.15, 0.2) is 18.6 Å². The zero-order valence-corrected chi connectivity index (χ0v) is 15.7. The first-order chi connectivity index (χ1) is 12.6. The molecule has 0 unspecified atom stereocenters. The lowest BCUT2D eigenvalue weighted by atomic mass is 9.78. The van der Waals surface area contributed by atoms with E-state index < -0.39 is 0 Å². The van der Waals surface area contributed by atoms with E-state index in [0.717, 1.165) is 45.4 Å². The molecule has 1 saturated heterocycles. The molecule has 7 heteroatoms. The Morgan fingerprint density at radius 1 is 1.31 bits per heavy atom. The van der Waals surface area contributed by atoms with Crippen molar-refractivity contribution >= 4 is 5.91 Å². The zero-order valence-electron chi connectivity index (χ0n) is 15.7. The number of H-pyrrole nitrogens is 1. The molecule has 4 heterocycles. The number of rotatable bonds is 4. The van der Waals surface area contributed by atoms with Crippen LogP contribution in [0.25, 0.3) is 0 Å². The highest BCUT2D eigenvalue weighted by molar-refractivity contribution is 5.92. The van der Waals surface area contributed by atoms with Crippen LogP contribution in [0.2, 0.25) is 0 Å². The van der Waals surface area contributed by atoms with E-state index in [9.17, 15) is 4.79 Å². The normalized spacial score (nSPS) is 19.7. The number of hydrogen-bond acceptors (Lipinski definition) is 4. The highest BCUT2D eigenvalue weighted by atomic mass is 16.2. The van der Waals surface area contributed by atoms with Crippen LogP contribution in [0.3, 0.4) is 0 Å². The van der Waals surface area contributed by atoms with Gasteiger partial charge in [0, 0.05) is 45.0 Å². The standard InChI is InChI=1S/C19H28N6O/c1-3-4-9-25-11-6-15-17(21-14-20-15)19(25)7-12-24(13-8-19)18(26)16-5-10-23(2)22-16/h5,10,14H,3-4,6-9,11-13H2,1-2H3,(H,20,21). The third-order valence-corrected chi connectivity index (χ3v) is 5.99. The summed E-state index contributed by atoms with van der Waals surface area (Å²) in [7, 11) is 1.84. The molecule has 7 nitrogen and oxygen atoms in total. The third kappa shape index (κ3) is 2.84. The van der Waals surface area contributed by atoms with Crippen LogP contribution in [-0.4, -0.2) is 61.6 Å². The molecule has 2 aromatic heterocycles. The van der Waals surface area contributed by atoms with Gasteiger partial charge in [-0.1, -0.05) is 13.3 Å². The zero-order chi connectivity index (χ0) is 18.1. The molecule has 0 bridgehead atoms. The highest BCUT2D eigenvalue weighted by Gasteiger charge is 2.46. The third-order valence-electron chi connectivity index (χ3n) is 5.99. The average Bonchev–Trinajstić information content (AvgIpc) is 3.31. The summed E-state index contributed by atoms with van der Waals surface area (Å²) < 4.78 is 1.68. The smallest absolute Gasteiger partial charge is 0.274 e. The molecule has 1 fully saturated rings. The van der Waals surface area contributed by atoms with E-state index in [2.05, 4.69) is 21.9 Å². The fourth-order valence-corrected chi connectivity index (χ4v) is 4.52. The van der Waals surface area contributed by atoms with E-state index in [0.29, 0.717) is 5.69 Å². The number of carbonyl (C=O) groups is 1. The van der Waals surface area contributed by atoms with Crippen molar-refractivity contribution in [3.05, 3.63) is 35.7 Å². The molecular weight excluding hydrogens is 328 g/mol. The summed E-state index contributed by atoms with van der Waals surface area (Å²) in [4.78, 5) is 25.4. The molecule has 0 aliphatic carbocycles. The van der Waals surface area contributed by atoms with Crippen LogP contribution in [0.5, 0.6) is 0 Å². The number of hydrogen-bond donors (Lipinski definition) is 1. The van der Waals surface area contributed by atoms with Crippen molar-refractivity contribution in [2.45, 2.75) is 44.6 Å². The van der Waals surface area contributed by atoms with E-state index in [1.54, 1.807) is 10.7 Å². The Bertz CT molecular complexity index is 771. The van der Waals surface area contributed by atoms with Gasteiger partial charge in [0.05, 0.1) is 17.6 Å². The van der Waals surface area contributed by atoms with Gasteiger partial charge in [-0.2, -0.15) is 5.10 Å². The van der Waals surface area contributed by atoms with E-state index in [1.165, 1.54) is 24.2 Å². The van der Waals surface area contributed by atoms with Gasteiger partial charge in [-0.05, 0) is 31.9 Å². The number of piperidine rings is 1. The fraction of sp³-hybridized carbons (Fsp3) is 0.632. The molecule has 0 saturated carbocycles. The second kappa shape index (κ2) is 6.87. The van der Waals surface area contributed by atoms with Gasteiger partial charge in [0.25, 0.3) is 5.91 Å². The van der Waals surface area contributed by atoms with Crippen molar-refractivity contribution in [1.82, 2.24) is 29.5 Å². The van der Waals surface area contributed by atoms with Crippen LogP contribution in [0, 0.1) is 0 Å². The molecule has 1 N–H and O–H groups in total. The monoisotopic (exact) mass is 356 g/mol. The van der Waals surface area contributed by atoms with Crippen LogP contribution in [0.4, 0.5) is 0 Å². The minimum absolute atomic E-state index is 0.0242. The van der Waals surface area contributed by atoms with Crippen molar-refractivity contribution in [1.29, 1.82) is 0 Å². The maximum atomic E-state index is 12.7. The Morgan fingerprint density at radius 3 is 2.81 bits per heavy atom. The van der Waals surface area contributed by atoms with Gasteiger partial charge in [0.15, 0.2) is 0 Å². The van der Waals surface area contributed by atoms with Gasteiger partial charge in [-0.3, -0.25) is 14.4 Å². The number of carbonyl (C=O) groups excluding carboxylic acids is 1. The molecule has 140 valence electrons. The van der Waals surface area contributed by atoms with Gasteiger partial charge < -0.3 is 9.88 Å². The molecule has 26 heavy (non-hydrogen) atoms. The number of nitrogens with one attached hydrogen (secondary N) is 1. The van der Waals surface area contributed by atoms with Crippen molar-refractivity contribution in [2.24, 2.45) is 7.05 Å². The number of fused-ring (bicyclic) bond motifs is 2. The topological polar surface area (TPSA) is 70.1 Å². The molecule has 0 aromatic carbocycles. The quantitative estimate of drug-likeness (QED) is 0.909. The Hall–Kier alpha value is -2.15.